The fraction of sp³-hybridized carbons (Fsp3) is 0.800. The van der Waals surface area contributed by atoms with E-state index >= 15 is 0 Å². The lowest BCUT2D eigenvalue weighted by Crippen LogP contribution is -2.55. The van der Waals surface area contributed by atoms with Crippen LogP contribution in [0.15, 0.2) is 12.4 Å². The molecule has 1 aliphatic rings. The van der Waals surface area contributed by atoms with Crippen LogP contribution in [0.5, 0.6) is 0 Å². The lowest BCUT2D eigenvalue weighted by atomic mass is 9.89. The van der Waals surface area contributed by atoms with Crippen molar-refractivity contribution in [3.8, 4) is 0 Å². The maximum absolute atomic E-state index is 6.11. The Kier molecular flexibility index (Phi) is 5.57. The van der Waals surface area contributed by atoms with Crippen LogP contribution in [0.25, 0.3) is 0 Å². The van der Waals surface area contributed by atoms with Crippen molar-refractivity contribution in [3.63, 3.8) is 0 Å². The van der Waals surface area contributed by atoms with Gasteiger partial charge in [0.05, 0.1) is 11.6 Å². The molecular weight excluding hydrogens is 252 g/mol. The Labute approximate surface area is 121 Å². The molecule has 1 aliphatic carbocycles. The Bertz CT molecular complexity index is 398. The first-order valence-electron chi connectivity index (χ1n) is 7.86. The van der Waals surface area contributed by atoms with Crippen molar-refractivity contribution < 1.29 is 4.74 Å². The summed E-state index contributed by atoms with van der Waals surface area (Å²) in [6, 6.07) is 0.128. The number of aromatic nitrogens is 2. The number of aryl methyl sites for hydroxylation is 1. The molecule has 1 unspecified atom stereocenters. The summed E-state index contributed by atoms with van der Waals surface area (Å²) in [5.74, 6) is 6.94. The van der Waals surface area contributed by atoms with Crippen LogP contribution in [0.1, 0.15) is 51.8 Å². The van der Waals surface area contributed by atoms with E-state index < -0.39 is 0 Å². The van der Waals surface area contributed by atoms with Gasteiger partial charge in [0.25, 0.3) is 0 Å². The summed E-state index contributed by atoms with van der Waals surface area (Å²) in [5.41, 5.74) is 2.88. The van der Waals surface area contributed by atoms with Crippen LogP contribution in [0.4, 0.5) is 0 Å². The second kappa shape index (κ2) is 7.20. The minimum atomic E-state index is -0.119. The fourth-order valence-electron chi connectivity index (χ4n) is 3.41. The topological polar surface area (TPSA) is 65.1 Å². The predicted octanol–water partition coefficient (Wildman–Crippen LogP) is 2.02. The molecule has 114 valence electrons. The quantitative estimate of drug-likeness (QED) is 0.565. The fourth-order valence-corrected chi connectivity index (χ4v) is 3.41. The first-order chi connectivity index (χ1) is 9.75. The number of nitrogens with one attached hydrogen (secondary N) is 1. The lowest BCUT2D eigenvalue weighted by molar-refractivity contribution is -0.0618. The first-order valence-corrected chi connectivity index (χ1v) is 7.86. The molecule has 1 heterocycles. The molecule has 1 saturated carbocycles. The van der Waals surface area contributed by atoms with E-state index in [-0.39, 0.29) is 11.6 Å². The standard InChI is InChI=1S/C15H28N4O/c1-3-10-19-11-9-17-14(19)12-13(18-16)15(20-4-2)7-5-6-8-15/h9,11,13,18H,3-8,10,12,16H2,1-2H3. The molecule has 5 nitrogen and oxygen atoms in total. The Balaban J connectivity index is 2.12. The van der Waals surface area contributed by atoms with Crippen LogP contribution in [-0.4, -0.2) is 27.8 Å². The predicted molar refractivity (Wildman–Crippen MR) is 80.2 cm³/mol. The summed E-state index contributed by atoms with van der Waals surface area (Å²) in [7, 11) is 0. The summed E-state index contributed by atoms with van der Waals surface area (Å²) >= 11 is 0. The third-order valence-corrected chi connectivity index (χ3v) is 4.37. The van der Waals surface area contributed by atoms with Gasteiger partial charge in [-0.3, -0.25) is 11.3 Å². The summed E-state index contributed by atoms with van der Waals surface area (Å²) in [5, 5.41) is 0. The summed E-state index contributed by atoms with van der Waals surface area (Å²) < 4.78 is 8.33. The molecule has 1 aromatic rings. The highest BCUT2D eigenvalue weighted by Gasteiger charge is 2.42. The average molecular weight is 280 g/mol. The van der Waals surface area contributed by atoms with Gasteiger partial charge in [0.1, 0.15) is 5.82 Å². The van der Waals surface area contributed by atoms with Crippen molar-refractivity contribution in [1.29, 1.82) is 0 Å². The smallest absolute Gasteiger partial charge is 0.110 e. The molecule has 0 aliphatic heterocycles. The molecule has 1 fully saturated rings. The van der Waals surface area contributed by atoms with Gasteiger partial charge in [0.15, 0.2) is 0 Å². The molecule has 1 aromatic heterocycles. The average Bonchev–Trinajstić information content (AvgIpc) is 3.07. The SMILES string of the molecule is CCCn1ccnc1CC(NN)C1(OCC)CCCC1. The zero-order valence-corrected chi connectivity index (χ0v) is 12.8. The van der Waals surface area contributed by atoms with Crippen LogP contribution < -0.4 is 11.3 Å². The Morgan fingerprint density at radius 1 is 1.45 bits per heavy atom. The zero-order chi connectivity index (χ0) is 14.4. The lowest BCUT2D eigenvalue weighted by Gasteiger charge is -2.37. The summed E-state index contributed by atoms with van der Waals surface area (Å²) in [4.78, 5) is 4.50. The third kappa shape index (κ3) is 3.22. The summed E-state index contributed by atoms with van der Waals surface area (Å²) in [6.07, 6.45) is 10.5. The number of imidazole rings is 1. The van der Waals surface area contributed by atoms with Crippen molar-refractivity contribution in [1.82, 2.24) is 15.0 Å². The number of hydrogen-bond donors (Lipinski definition) is 2. The third-order valence-electron chi connectivity index (χ3n) is 4.37. The van der Waals surface area contributed by atoms with Gasteiger partial charge < -0.3 is 9.30 Å². The van der Waals surface area contributed by atoms with E-state index in [9.17, 15) is 0 Å². The van der Waals surface area contributed by atoms with Crippen LogP contribution in [-0.2, 0) is 17.7 Å². The molecule has 0 bridgehead atoms. The van der Waals surface area contributed by atoms with Crippen molar-refractivity contribution in [2.75, 3.05) is 6.61 Å². The molecule has 0 radical (unpaired) electrons. The first kappa shape index (κ1) is 15.5. The van der Waals surface area contributed by atoms with Crippen LogP contribution >= 0.6 is 0 Å². The van der Waals surface area contributed by atoms with E-state index in [1.54, 1.807) is 0 Å². The molecule has 5 heteroatoms. The molecule has 0 spiro atoms. The Hall–Kier alpha value is -0.910. The van der Waals surface area contributed by atoms with Crippen molar-refractivity contribution in [3.05, 3.63) is 18.2 Å². The molecule has 0 saturated heterocycles. The molecule has 20 heavy (non-hydrogen) atoms. The maximum atomic E-state index is 6.11. The maximum Gasteiger partial charge on any atom is 0.110 e. The number of nitrogens with two attached hydrogens (primary N) is 1. The highest BCUT2D eigenvalue weighted by molar-refractivity contribution is 5.04. The highest BCUT2D eigenvalue weighted by atomic mass is 16.5. The van der Waals surface area contributed by atoms with Crippen LogP contribution in [0.2, 0.25) is 0 Å². The van der Waals surface area contributed by atoms with E-state index in [1.807, 2.05) is 6.20 Å². The van der Waals surface area contributed by atoms with E-state index in [0.29, 0.717) is 0 Å². The number of ether oxygens (including phenoxy) is 1. The van der Waals surface area contributed by atoms with E-state index in [0.717, 1.165) is 44.7 Å². The normalized spacial score (nSPS) is 19.4. The van der Waals surface area contributed by atoms with Gasteiger partial charge in [-0.05, 0) is 26.2 Å². The monoisotopic (exact) mass is 280 g/mol. The number of nitrogens with zero attached hydrogens (tertiary/aromatic N) is 2. The Morgan fingerprint density at radius 2 is 2.20 bits per heavy atom. The van der Waals surface area contributed by atoms with Gasteiger partial charge in [-0.1, -0.05) is 19.8 Å². The minimum absolute atomic E-state index is 0.119. The van der Waals surface area contributed by atoms with Crippen LogP contribution in [0, 0.1) is 0 Å². The largest absolute Gasteiger partial charge is 0.374 e. The van der Waals surface area contributed by atoms with E-state index in [2.05, 4.69) is 35.0 Å². The van der Waals surface area contributed by atoms with Gasteiger partial charge in [0, 0.05) is 32.0 Å². The van der Waals surface area contributed by atoms with E-state index in [1.165, 1.54) is 12.8 Å². The second-order valence-corrected chi connectivity index (χ2v) is 5.67. The molecule has 2 rings (SSSR count). The molecule has 0 amide bonds. The molecule has 0 aromatic carbocycles. The molecular formula is C15H28N4O. The minimum Gasteiger partial charge on any atom is -0.374 e. The van der Waals surface area contributed by atoms with Gasteiger partial charge >= 0.3 is 0 Å². The van der Waals surface area contributed by atoms with Crippen molar-refractivity contribution in [2.45, 2.75) is 70.6 Å². The van der Waals surface area contributed by atoms with Gasteiger partial charge in [-0.2, -0.15) is 0 Å². The Morgan fingerprint density at radius 3 is 2.80 bits per heavy atom. The van der Waals surface area contributed by atoms with Gasteiger partial charge in [-0.15, -0.1) is 0 Å². The van der Waals surface area contributed by atoms with Gasteiger partial charge in [-0.25, -0.2) is 4.98 Å². The summed E-state index contributed by atoms with van der Waals surface area (Å²) in [6.45, 7) is 5.99. The zero-order valence-electron chi connectivity index (χ0n) is 12.8. The number of hydrogen-bond acceptors (Lipinski definition) is 4. The molecule has 3 N–H and O–H groups in total. The number of hydrazine groups is 1. The van der Waals surface area contributed by atoms with Crippen LogP contribution in [0.3, 0.4) is 0 Å². The van der Waals surface area contributed by atoms with Crippen molar-refractivity contribution >= 4 is 0 Å². The van der Waals surface area contributed by atoms with E-state index in [4.69, 9.17) is 10.6 Å². The van der Waals surface area contributed by atoms with Gasteiger partial charge in [0.2, 0.25) is 0 Å². The number of rotatable bonds is 8. The molecule has 1 atom stereocenters. The highest BCUT2D eigenvalue weighted by Crippen LogP contribution is 2.37. The van der Waals surface area contributed by atoms with Crippen molar-refractivity contribution in [2.24, 2.45) is 5.84 Å². The second-order valence-electron chi connectivity index (χ2n) is 5.67.